The van der Waals surface area contributed by atoms with Gasteiger partial charge in [0, 0.05) is 12.6 Å². The summed E-state index contributed by atoms with van der Waals surface area (Å²) in [4.78, 5) is 13.7. The zero-order chi connectivity index (χ0) is 18.2. The first kappa shape index (κ1) is 17.1. The molecule has 1 N–H and O–H groups in total. The maximum atomic E-state index is 13.7. The van der Waals surface area contributed by atoms with Gasteiger partial charge < -0.3 is 10.2 Å². The minimum Gasteiger partial charge on any atom is -0.349 e. The summed E-state index contributed by atoms with van der Waals surface area (Å²) >= 11 is 0. The van der Waals surface area contributed by atoms with E-state index < -0.39 is 21.7 Å². The number of aryl methyl sites for hydroxylation is 1. The molecular formula is C17H16FN3O3S. The molecule has 8 heteroatoms. The molecule has 2 aromatic carbocycles. The molecule has 1 amide bonds. The molecule has 0 spiro atoms. The van der Waals surface area contributed by atoms with Gasteiger partial charge in [-0.05, 0) is 36.8 Å². The molecule has 1 heterocycles. The van der Waals surface area contributed by atoms with Crippen LogP contribution in [0.3, 0.4) is 0 Å². The van der Waals surface area contributed by atoms with Crippen LogP contribution in [0.5, 0.6) is 0 Å². The van der Waals surface area contributed by atoms with E-state index in [4.69, 9.17) is 0 Å². The highest BCUT2D eigenvalue weighted by molar-refractivity contribution is 7.90. The van der Waals surface area contributed by atoms with Crippen LogP contribution in [0, 0.1) is 12.7 Å². The van der Waals surface area contributed by atoms with Crippen molar-refractivity contribution in [2.24, 2.45) is 4.40 Å². The minimum atomic E-state index is -3.75. The fourth-order valence-corrected chi connectivity index (χ4v) is 3.83. The standard InChI is InChI=1S/C17H16FN3O3S/c1-11-7-8-13(18)14(9-11)19-16(22)10-21(2)17-12-5-3-4-6-15(12)25(23,24)20-17/h3-9H,10H2,1-2H3,(H,19,22). The van der Waals surface area contributed by atoms with Crippen molar-refractivity contribution in [3.8, 4) is 0 Å². The van der Waals surface area contributed by atoms with Crippen LogP contribution in [-0.4, -0.2) is 38.7 Å². The topological polar surface area (TPSA) is 78.8 Å². The number of nitrogens with zero attached hydrogens (tertiary/aromatic N) is 2. The molecule has 0 bridgehead atoms. The predicted molar refractivity (Wildman–Crippen MR) is 92.6 cm³/mol. The van der Waals surface area contributed by atoms with Crippen LogP contribution in [0.4, 0.5) is 10.1 Å². The maximum absolute atomic E-state index is 13.7. The number of hydrogen-bond acceptors (Lipinski definition) is 4. The maximum Gasteiger partial charge on any atom is 0.285 e. The van der Waals surface area contributed by atoms with Crippen molar-refractivity contribution < 1.29 is 17.6 Å². The monoisotopic (exact) mass is 361 g/mol. The third kappa shape index (κ3) is 3.39. The number of halogens is 1. The van der Waals surface area contributed by atoms with Crippen LogP contribution in [0.25, 0.3) is 0 Å². The summed E-state index contributed by atoms with van der Waals surface area (Å²) in [5.74, 6) is -0.820. The van der Waals surface area contributed by atoms with E-state index in [0.717, 1.165) is 5.56 Å². The highest BCUT2D eigenvalue weighted by Gasteiger charge is 2.30. The van der Waals surface area contributed by atoms with Crippen molar-refractivity contribution in [1.82, 2.24) is 4.90 Å². The first-order valence-electron chi connectivity index (χ1n) is 7.49. The second kappa shape index (κ2) is 6.29. The van der Waals surface area contributed by atoms with Gasteiger partial charge in [0.05, 0.1) is 12.2 Å². The molecule has 1 aliphatic heterocycles. The molecule has 0 unspecified atom stereocenters. The van der Waals surface area contributed by atoms with Gasteiger partial charge in [0.15, 0.2) is 5.84 Å². The van der Waals surface area contributed by atoms with E-state index in [1.165, 1.54) is 23.1 Å². The number of anilines is 1. The van der Waals surface area contributed by atoms with Gasteiger partial charge in [-0.25, -0.2) is 4.39 Å². The molecule has 0 fully saturated rings. The van der Waals surface area contributed by atoms with E-state index in [-0.39, 0.29) is 23.0 Å². The normalized spacial score (nSPS) is 14.6. The third-order valence-electron chi connectivity index (χ3n) is 3.75. The molecule has 3 rings (SSSR count). The minimum absolute atomic E-state index is 0.0831. The first-order valence-corrected chi connectivity index (χ1v) is 8.93. The molecule has 0 aromatic heterocycles. The van der Waals surface area contributed by atoms with Crippen molar-refractivity contribution in [3.05, 3.63) is 59.4 Å². The number of carbonyl (C=O) groups excluding carboxylic acids is 1. The number of likely N-dealkylation sites (N-methyl/N-ethyl adjacent to an activating group) is 1. The fourth-order valence-electron chi connectivity index (χ4n) is 2.58. The molecule has 0 atom stereocenters. The van der Waals surface area contributed by atoms with Gasteiger partial charge in [-0.1, -0.05) is 18.2 Å². The molecule has 0 saturated carbocycles. The van der Waals surface area contributed by atoms with Crippen LogP contribution >= 0.6 is 0 Å². The molecule has 0 radical (unpaired) electrons. The van der Waals surface area contributed by atoms with Gasteiger partial charge in [-0.2, -0.15) is 8.42 Å². The zero-order valence-corrected chi connectivity index (χ0v) is 14.5. The average molecular weight is 361 g/mol. The van der Waals surface area contributed by atoms with Crippen LogP contribution in [0.1, 0.15) is 11.1 Å². The number of carbonyl (C=O) groups is 1. The SMILES string of the molecule is Cc1ccc(F)c(NC(=O)CN(C)C2=NS(=O)(=O)c3ccccc32)c1. The lowest BCUT2D eigenvalue weighted by Crippen LogP contribution is -2.35. The predicted octanol–water partition coefficient (Wildman–Crippen LogP) is 2.15. The van der Waals surface area contributed by atoms with Crippen molar-refractivity contribution >= 4 is 27.5 Å². The lowest BCUT2D eigenvalue weighted by atomic mass is 10.2. The highest BCUT2D eigenvalue weighted by Crippen LogP contribution is 2.26. The Morgan fingerprint density at radius 1 is 1.24 bits per heavy atom. The summed E-state index contributed by atoms with van der Waals surface area (Å²) in [7, 11) is -2.19. The Bertz CT molecular complexity index is 986. The third-order valence-corrected chi connectivity index (χ3v) is 5.08. The zero-order valence-electron chi connectivity index (χ0n) is 13.7. The second-order valence-corrected chi connectivity index (χ2v) is 7.35. The van der Waals surface area contributed by atoms with E-state index in [2.05, 4.69) is 9.71 Å². The highest BCUT2D eigenvalue weighted by atomic mass is 32.2. The van der Waals surface area contributed by atoms with Gasteiger partial charge >= 0.3 is 0 Å². The van der Waals surface area contributed by atoms with Crippen molar-refractivity contribution in [1.29, 1.82) is 0 Å². The largest absolute Gasteiger partial charge is 0.349 e. The Labute approximate surface area is 145 Å². The van der Waals surface area contributed by atoms with E-state index in [9.17, 15) is 17.6 Å². The molecule has 130 valence electrons. The van der Waals surface area contributed by atoms with E-state index >= 15 is 0 Å². The van der Waals surface area contributed by atoms with Crippen LogP contribution in [0.2, 0.25) is 0 Å². The smallest absolute Gasteiger partial charge is 0.285 e. The van der Waals surface area contributed by atoms with E-state index in [0.29, 0.717) is 5.56 Å². The lowest BCUT2D eigenvalue weighted by molar-refractivity contribution is -0.116. The molecule has 6 nitrogen and oxygen atoms in total. The number of hydrogen-bond donors (Lipinski definition) is 1. The number of amidine groups is 1. The Balaban J connectivity index is 1.78. The van der Waals surface area contributed by atoms with Gasteiger partial charge in [0.1, 0.15) is 10.7 Å². The lowest BCUT2D eigenvalue weighted by Gasteiger charge is -2.18. The summed E-state index contributed by atoms with van der Waals surface area (Å²) < 4.78 is 41.6. The number of fused-ring (bicyclic) bond motifs is 1. The number of rotatable bonds is 3. The Morgan fingerprint density at radius 2 is 1.96 bits per heavy atom. The fraction of sp³-hybridized carbons (Fsp3) is 0.176. The molecular weight excluding hydrogens is 345 g/mol. The number of benzene rings is 2. The molecule has 2 aromatic rings. The summed E-state index contributed by atoms with van der Waals surface area (Å²) in [6, 6.07) is 10.8. The second-order valence-electron chi connectivity index (χ2n) is 5.77. The van der Waals surface area contributed by atoms with Crippen LogP contribution < -0.4 is 5.32 Å². The van der Waals surface area contributed by atoms with Crippen molar-refractivity contribution in [2.45, 2.75) is 11.8 Å². The van der Waals surface area contributed by atoms with Gasteiger partial charge in [-0.3, -0.25) is 4.79 Å². The molecule has 0 aliphatic carbocycles. The Kier molecular flexibility index (Phi) is 4.30. The average Bonchev–Trinajstić information content (AvgIpc) is 2.83. The van der Waals surface area contributed by atoms with Gasteiger partial charge in [0.25, 0.3) is 10.0 Å². The van der Waals surface area contributed by atoms with E-state index in [1.807, 2.05) is 0 Å². The quantitative estimate of drug-likeness (QED) is 0.909. The summed E-state index contributed by atoms with van der Waals surface area (Å²) in [6.45, 7) is 1.62. The summed E-state index contributed by atoms with van der Waals surface area (Å²) in [6.07, 6.45) is 0. The Hall–Kier alpha value is -2.74. The number of sulfonamides is 1. The summed E-state index contributed by atoms with van der Waals surface area (Å²) in [5.41, 5.74) is 1.34. The first-order chi connectivity index (χ1) is 11.8. The summed E-state index contributed by atoms with van der Waals surface area (Å²) in [5, 5.41) is 2.49. The number of nitrogens with one attached hydrogen (secondary N) is 1. The molecule has 25 heavy (non-hydrogen) atoms. The van der Waals surface area contributed by atoms with Crippen LogP contribution in [-0.2, 0) is 14.8 Å². The van der Waals surface area contributed by atoms with E-state index in [1.54, 1.807) is 38.2 Å². The van der Waals surface area contributed by atoms with Gasteiger partial charge in [0.2, 0.25) is 5.91 Å². The number of amides is 1. The van der Waals surface area contributed by atoms with Crippen LogP contribution in [0.15, 0.2) is 51.8 Å². The Morgan fingerprint density at radius 3 is 2.72 bits per heavy atom. The molecule has 0 saturated heterocycles. The van der Waals surface area contributed by atoms with Crippen molar-refractivity contribution in [3.63, 3.8) is 0 Å². The van der Waals surface area contributed by atoms with Gasteiger partial charge in [-0.15, -0.1) is 4.40 Å². The van der Waals surface area contributed by atoms with Crippen molar-refractivity contribution in [2.75, 3.05) is 18.9 Å². The molecule has 1 aliphatic rings.